The molecule has 0 radical (unpaired) electrons. The maximum atomic E-state index is 13.3. The number of hydrogen-bond donors (Lipinski definition) is 2. The van der Waals surface area contributed by atoms with E-state index in [-0.39, 0.29) is 18.0 Å². The van der Waals surface area contributed by atoms with Gasteiger partial charge in [0.05, 0.1) is 37.6 Å². The zero-order valence-corrected chi connectivity index (χ0v) is 22.5. The molecule has 7 nitrogen and oxygen atoms in total. The molecule has 0 saturated carbocycles. The molecule has 0 spiro atoms. The summed E-state index contributed by atoms with van der Waals surface area (Å²) in [6.07, 6.45) is -8.70. The van der Waals surface area contributed by atoms with Crippen molar-refractivity contribution in [2.24, 2.45) is 0 Å². The number of hydrogen-bond acceptors (Lipinski definition) is 6. The Morgan fingerprint density at radius 1 is 0.976 bits per heavy atom. The van der Waals surface area contributed by atoms with Crippen LogP contribution in [-0.4, -0.2) is 63.7 Å². The number of nitrogens with one attached hydrogen (secondary N) is 2. The van der Waals surface area contributed by atoms with Crippen molar-refractivity contribution >= 4 is 12.3 Å². The molecule has 0 aromatic heterocycles. The lowest BCUT2D eigenvalue weighted by Crippen LogP contribution is -2.55. The van der Waals surface area contributed by atoms with Gasteiger partial charge in [-0.25, -0.2) is 4.39 Å². The number of likely N-dealkylation sites (N-methyl/N-ethyl adjacent to an activating group) is 1. The van der Waals surface area contributed by atoms with Crippen LogP contribution in [0.25, 0.3) is 0 Å². The third kappa shape index (κ3) is 10.1. The van der Waals surface area contributed by atoms with E-state index in [0.717, 1.165) is 38.4 Å². The summed E-state index contributed by atoms with van der Waals surface area (Å²) in [4.78, 5) is 25.7. The molecule has 14 heteroatoms. The van der Waals surface area contributed by atoms with Gasteiger partial charge in [0, 0.05) is 13.1 Å². The molecular weight excluding hydrogens is 563 g/mol. The Hall–Kier alpha value is -3.07. The molecule has 1 unspecified atom stereocenters. The second-order valence-corrected chi connectivity index (χ2v) is 9.11. The van der Waals surface area contributed by atoms with Gasteiger partial charge in [0.1, 0.15) is 11.4 Å². The van der Waals surface area contributed by atoms with Crippen molar-refractivity contribution in [3.63, 3.8) is 0 Å². The lowest BCUT2D eigenvalue weighted by Gasteiger charge is -2.31. The van der Waals surface area contributed by atoms with Crippen LogP contribution >= 0.6 is 0 Å². The molecule has 0 bridgehead atoms. The summed E-state index contributed by atoms with van der Waals surface area (Å²) in [5.41, 5.74) is -5.11. The van der Waals surface area contributed by atoms with E-state index in [2.05, 4.69) is 17.1 Å². The molecule has 41 heavy (non-hydrogen) atoms. The number of alkyl halides is 6. The normalized spacial score (nSPS) is 15.8. The van der Waals surface area contributed by atoms with Crippen LogP contribution in [0.15, 0.2) is 42.5 Å². The third-order valence-corrected chi connectivity index (χ3v) is 6.22. The highest BCUT2D eigenvalue weighted by molar-refractivity contribution is 5.94. The van der Waals surface area contributed by atoms with Crippen molar-refractivity contribution < 1.29 is 49.8 Å². The van der Waals surface area contributed by atoms with Crippen molar-refractivity contribution in [3.05, 3.63) is 70.5 Å². The summed E-state index contributed by atoms with van der Waals surface area (Å²) in [7, 11) is 1.31. The molecule has 1 atom stereocenters. The molecule has 2 amide bonds. The minimum atomic E-state index is -5.03. The monoisotopic (exact) mass is 595 g/mol. The number of benzene rings is 2. The van der Waals surface area contributed by atoms with E-state index < -0.39 is 59.5 Å². The largest absolute Gasteiger partial charge is 0.416 e. The molecule has 228 valence electrons. The molecule has 2 aromatic carbocycles. The fraction of sp³-hybridized carbons (Fsp3) is 0.481. The number of nitrogens with zero attached hydrogens (tertiary/aromatic N) is 1. The van der Waals surface area contributed by atoms with E-state index in [0.29, 0.717) is 12.1 Å². The van der Waals surface area contributed by atoms with Gasteiger partial charge < -0.3 is 14.8 Å². The molecule has 1 fully saturated rings. The fourth-order valence-electron chi connectivity index (χ4n) is 4.09. The molecule has 1 aliphatic heterocycles. The number of rotatable bonds is 10. The van der Waals surface area contributed by atoms with Crippen LogP contribution < -0.4 is 10.6 Å². The molecule has 1 aliphatic rings. The van der Waals surface area contributed by atoms with Gasteiger partial charge >= 0.3 is 12.4 Å². The molecule has 3 rings (SSSR count). The summed E-state index contributed by atoms with van der Waals surface area (Å²) < 4.78 is 102. The van der Waals surface area contributed by atoms with Gasteiger partial charge in [0.2, 0.25) is 6.41 Å². The number of imide groups is 1. The Labute approximate surface area is 233 Å². The summed E-state index contributed by atoms with van der Waals surface area (Å²) in [6.45, 7) is 6.26. The van der Waals surface area contributed by atoms with Crippen LogP contribution in [0.2, 0.25) is 0 Å². The Balaban J connectivity index is 0.000000553. The zero-order valence-electron chi connectivity index (χ0n) is 22.5. The molecule has 0 aliphatic carbocycles. The maximum Gasteiger partial charge on any atom is 0.416 e. The molecule has 2 aromatic rings. The van der Waals surface area contributed by atoms with E-state index in [9.17, 15) is 40.3 Å². The van der Waals surface area contributed by atoms with Crippen molar-refractivity contribution in [1.82, 2.24) is 15.5 Å². The van der Waals surface area contributed by atoms with Crippen LogP contribution in [0.3, 0.4) is 0 Å². The van der Waals surface area contributed by atoms with Crippen LogP contribution in [0.1, 0.15) is 35.6 Å². The number of ether oxygens (including phenoxy) is 2. The minimum absolute atomic E-state index is 0.0164. The lowest BCUT2D eigenvalue weighted by molar-refractivity contribution is -0.143. The number of carbonyl (C=O) groups excluding carboxylic acids is 2. The second-order valence-electron chi connectivity index (χ2n) is 9.11. The quantitative estimate of drug-likeness (QED) is 0.311. The Morgan fingerprint density at radius 3 is 2.00 bits per heavy atom. The van der Waals surface area contributed by atoms with Crippen LogP contribution in [0, 0.1) is 5.82 Å². The first-order chi connectivity index (χ1) is 19.3. The van der Waals surface area contributed by atoms with Gasteiger partial charge in [-0.05, 0) is 61.5 Å². The summed E-state index contributed by atoms with van der Waals surface area (Å²) in [6, 6.07) is 5.46. The third-order valence-electron chi connectivity index (χ3n) is 6.22. The van der Waals surface area contributed by atoms with Gasteiger partial charge in [-0.2, -0.15) is 26.3 Å². The SMILES string of the molecule is CCCN1CCOCC1.CNC(COCc1cc(C(F)(F)F)cc(C(F)(F)F)c1)(C(=O)NC=O)c1ccc(F)cc1. The van der Waals surface area contributed by atoms with E-state index in [4.69, 9.17) is 9.47 Å². The fourth-order valence-corrected chi connectivity index (χ4v) is 4.09. The smallest absolute Gasteiger partial charge is 0.379 e. The van der Waals surface area contributed by atoms with Gasteiger partial charge in [0.15, 0.2) is 0 Å². The minimum Gasteiger partial charge on any atom is -0.379 e. The van der Waals surface area contributed by atoms with Crippen molar-refractivity contribution in [2.45, 2.75) is 37.8 Å². The molecular formula is C27H32F7N3O4. The molecule has 2 N–H and O–H groups in total. The van der Waals surface area contributed by atoms with Crippen LogP contribution in [-0.2, 0) is 43.6 Å². The highest BCUT2D eigenvalue weighted by Gasteiger charge is 2.40. The van der Waals surface area contributed by atoms with E-state index in [1.807, 2.05) is 5.32 Å². The summed E-state index contributed by atoms with van der Waals surface area (Å²) in [5, 5.41) is 4.52. The first-order valence-electron chi connectivity index (χ1n) is 12.6. The van der Waals surface area contributed by atoms with Gasteiger partial charge in [-0.15, -0.1) is 0 Å². The number of halogens is 7. The second kappa shape index (κ2) is 15.2. The van der Waals surface area contributed by atoms with Gasteiger partial charge in [-0.3, -0.25) is 19.8 Å². The lowest BCUT2D eigenvalue weighted by atomic mass is 9.89. The summed E-state index contributed by atoms with van der Waals surface area (Å²) in [5.74, 6) is -1.55. The van der Waals surface area contributed by atoms with E-state index >= 15 is 0 Å². The Morgan fingerprint density at radius 2 is 1.54 bits per heavy atom. The summed E-state index contributed by atoms with van der Waals surface area (Å²) >= 11 is 0. The average Bonchev–Trinajstić information content (AvgIpc) is 2.92. The predicted octanol–water partition coefficient (Wildman–Crippen LogP) is 4.50. The number of amides is 2. The number of morpholine rings is 1. The average molecular weight is 596 g/mol. The first-order valence-corrected chi connectivity index (χ1v) is 12.6. The maximum absolute atomic E-state index is 13.3. The highest BCUT2D eigenvalue weighted by atomic mass is 19.4. The molecule has 1 saturated heterocycles. The Bertz CT molecular complexity index is 1090. The van der Waals surface area contributed by atoms with Crippen molar-refractivity contribution in [2.75, 3.05) is 46.5 Å². The molecule has 1 heterocycles. The predicted molar refractivity (Wildman–Crippen MR) is 135 cm³/mol. The topological polar surface area (TPSA) is 79.9 Å². The van der Waals surface area contributed by atoms with Crippen molar-refractivity contribution in [1.29, 1.82) is 0 Å². The number of carbonyl (C=O) groups is 2. The zero-order chi connectivity index (χ0) is 30.7. The highest BCUT2D eigenvalue weighted by Crippen LogP contribution is 2.36. The van der Waals surface area contributed by atoms with Gasteiger partial charge in [-0.1, -0.05) is 19.1 Å². The van der Waals surface area contributed by atoms with Gasteiger partial charge in [0.25, 0.3) is 5.91 Å². The Kier molecular flexibility index (Phi) is 12.7. The standard InChI is InChI=1S/C20H17F7N2O3.C7H15NO/c1-28-18(17(31)29-11-30,13-2-4-16(21)5-3-13)10-32-9-12-6-14(19(22,23)24)8-15(7-12)20(25,26)27;1-2-3-8-4-6-9-7-5-8/h2-8,11,28H,9-10H2,1H3,(H,29,30,31);2-7H2,1H3. The van der Waals surface area contributed by atoms with Crippen LogP contribution in [0.5, 0.6) is 0 Å². The first kappa shape index (κ1) is 34.1. The van der Waals surface area contributed by atoms with Crippen LogP contribution in [0.4, 0.5) is 30.7 Å². The van der Waals surface area contributed by atoms with Crippen molar-refractivity contribution in [3.8, 4) is 0 Å². The van der Waals surface area contributed by atoms with E-state index in [1.54, 1.807) is 0 Å². The van der Waals surface area contributed by atoms with E-state index in [1.165, 1.54) is 32.1 Å².